The molecule has 2 heterocycles. The van der Waals surface area contributed by atoms with Crippen molar-refractivity contribution in [2.75, 3.05) is 4.90 Å². The third-order valence-corrected chi connectivity index (χ3v) is 6.01. The van der Waals surface area contributed by atoms with Gasteiger partial charge in [0.05, 0.1) is 18.3 Å². The predicted octanol–water partition coefficient (Wildman–Crippen LogP) is 4.56. The molecule has 0 bridgehead atoms. The number of fused-ring (bicyclic) bond motifs is 1. The summed E-state index contributed by atoms with van der Waals surface area (Å²) in [7, 11) is 0. The first-order chi connectivity index (χ1) is 18.0. The molecule has 9 heteroatoms. The lowest BCUT2D eigenvalue weighted by molar-refractivity contribution is -0.127. The molecule has 0 aliphatic carbocycles. The zero-order chi connectivity index (χ0) is 25.8. The molecule has 8 nitrogen and oxygen atoms in total. The molecule has 0 aliphatic heterocycles. The second-order valence-electron chi connectivity index (χ2n) is 8.56. The van der Waals surface area contributed by atoms with E-state index in [4.69, 9.17) is 4.42 Å². The van der Waals surface area contributed by atoms with Crippen LogP contribution in [-0.4, -0.2) is 26.8 Å². The Labute approximate surface area is 212 Å². The molecule has 0 aliphatic rings. The van der Waals surface area contributed by atoms with E-state index < -0.39 is 23.7 Å². The Morgan fingerprint density at radius 3 is 2.51 bits per heavy atom. The zero-order valence-electron chi connectivity index (χ0n) is 20.0. The van der Waals surface area contributed by atoms with Crippen LogP contribution in [0, 0.1) is 12.7 Å². The van der Waals surface area contributed by atoms with E-state index in [1.807, 2.05) is 37.3 Å². The van der Waals surface area contributed by atoms with E-state index in [0.717, 1.165) is 5.56 Å². The minimum Gasteiger partial charge on any atom is -0.467 e. The van der Waals surface area contributed by atoms with Crippen LogP contribution < -0.4 is 10.2 Å². The Bertz CT molecular complexity index is 1530. The van der Waals surface area contributed by atoms with E-state index in [-0.39, 0.29) is 18.7 Å². The maximum atomic E-state index is 15.1. The molecular formula is C28H24FN5O3. The number of rotatable bonds is 8. The number of nitrogens with zero attached hydrogens (tertiary/aromatic N) is 4. The minimum atomic E-state index is -1.29. The van der Waals surface area contributed by atoms with Crippen molar-refractivity contribution >= 4 is 28.5 Å². The first kappa shape index (κ1) is 23.9. The van der Waals surface area contributed by atoms with Gasteiger partial charge in [-0.15, -0.1) is 5.10 Å². The van der Waals surface area contributed by atoms with E-state index in [2.05, 4.69) is 15.6 Å². The Morgan fingerprint density at radius 1 is 1.00 bits per heavy atom. The molecule has 37 heavy (non-hydrogen) atoms. The Balaban J connectivity index is 1.57. The Morgan fingerprint density at radius 2 is 1.76 bits per heavy atom. The van der Waals surface area contributed by atoms with Gasteiger partial charge in [-0.1, -0.05) is 53.2 Å². The van der Waals surface area contributed by atoms with Gasteiger partial charge in [-0.05, 0) is 49.4 Å². The lowest BCUT2D eigenvalue weighted by Gasteiger charge is -2.31. The molecule has 3 aromatic carbocycles. The van der Waals surface area contributed by atoms with Crippen LogP contribution in [0.2, 0.25) is 0 Å². The number of carbonyl (C=O) groups excluding carboxylic acids is 2. The highest BCUT2D eigenvalue weighted by molar-refractivity contribution is 6.01. The molecular weight excluding hydrogens is 473 g/mol. The van der Waals surface area contributed by atoms with Gasteiger partial charge in [-0.25, -0.2) is 9.07 Å². The lowest BCUT2D eigenvalue weighted by atomic mass is 10.0. The van der Waals surface area contributed by atoms with Crippen molar-refractivity contribution in [2.45, 2.75) is 26.1 Å². The third-order valence-electron chi connectivity index (χ3n) is 6.01. The molecule has 0 saturated heterocycles. The van der Waals surface area contributed by atoms with E-state index in [1.54, 1.807) is 36.4 Å². The first-order valence-electron chi connectivity index (χ1n) is 11.7. The zero-order valence-corrected chi connectivity index (χ0v) is 20.0. The van der Waals surface area contributed by atoms with E-state index in [9.17, 15) is 9.59 Å². The predicted molar refractivity (Wildman–Crippen MR) is 136 cm³/mol. The highest BCUT2D eigenvalue weighted by Gasteiger charge is 2.35. The fraction of sp³-hybridized carbons (Fsp3) is 0.143. The van der Waals surface area contributed by atoms with Crippen LogP contribution in [0.5, 0.6) is 0 Å². The molecule has 5 rings (SSSR count). The lowest BCUT2D eigenvalue weighted by Crippen LogP contribution is -2.45. The van der Waals surface area contributed by atoms with Crippen molar-refractivity contribution < 1.29 is 18.4 Å². The third kappa shape index (κ3) is 5.11. The average Bonchev–Trinajstić information content (AvgIpc) is 3.58. The number of carbonyl (C=O) groups is 2. The Hall–Kier alpha value is -4.79. The molecule has 0 unspecified atom stereocenters. The summed E-state index contributed by atoms with van der Waals surface area (Å²) in [5.41, 5.74) is 2.80. The van der Waals surface area contributed by atoms with Crippen LogP contribution in [0.25, 0.3) is 11.0 Å². The number of furan rings is 1. The number of benzene rings is 3. The van der Waals surface area contributed by atoms with Gasteiger partial charge < -0.3 is 9.73 Å². The number of amides is 2. The summed E-state index contributed by atoms with van der Waals surface area (Å²) in [4.78, 5) is 28.9. The van der Waals surface area contributed by atoms with Gasteiger partial charge >= 0.3 is 0 Å². The summed E-state index contributed by atoms with van der Waals surface area (Å²) in [6, 6.07) is 22.5. The number of anilines is 1. The monoisotopic (exact) mass is 497 g/mol. The van der Waals surface area contributed by atoms with Crippen LogP contribution in [0.15, 0.2) is 95.6 Å². The molecule has 2 amide bonds. The molecule has 0 fully saturated rings. The molecule has 5 aromatic rings. The minimum absolute atomic E-state index is 0.0665. The highest BCUT2D eigenvalue weighted by atomic mass is 19.1. The van der Waals surface area contributed by atoms with Crippen molar-refractivity contribution in [3.63, 3.8) is 0 Å². The number of hydrogen-bond donors (Lipinski definition) is 1. The number of aryl methyl sites for hydroxylation is 1. The summed E-state index contributed by atoms with van der Waals surface area (Å²) in [5, 5.41) is 11.0. The topological polar surface area (TPSA) is 93.3 Å². The van der Waals surface area contributed by atoms with Gasteiger partial charge in [0.25, 0.3) is 0 Å². The number of hydrogen-bond acceptors (Lipinski definition) is 5. The summed E-state index contributed by atoms with van der Waals surface area (Å²) < 4.78 is 21.9. The summed E-state index contributed by atoms with van der Waals surface area (Å²) >= 11 is 0. The van der Waals surface area contributed by atoms with Crippen LogP contribution in [0.3, 0.4) is 0 Å². The SMILES string of the molecule is Cc1ccc(N(C(=O)Cn2nnc3ccccc32)[C@@H](C(=O)NCc2ccco2)c2ccccc2F)cc1. The Kier molecular flexibility index (Phi) is 6.76. The number of aromatic nitrogens is 3. The highest BCUT2D eigenvalue weighted by Crippen LogP contribution is 2.30. The quantitative estimate of drug-likeness (QED) is 0.339. The van der Waals surface area contributed by atoms with Crippen LogP contribution in [0.4, 0.5) is 10.1 Å². The van der Waals surface area contributed by atoms with Gasteiger partial charge in [-0.2, -0.15) is 0 Å². The normalized spacial score (nSPS) is 11.8. The number of halogens is 1. The summed E-state index contributed by atoms with van der Waals surface area (Å²) in [6.45, 7) is 1.80. The fourth-order valence-electron chi connectivity index (χ4n) is 4.16. The molecule has 0 radical (unpaired) electrons. The van der Waals surface area contributed by atoms with Gasteiger partial charge in [0, 0.05) is 11.3 Å². The van der Waals surface area contributed by atoms with Gasteiger partial charge in [0.1, 0.15) is 29.7 Å². The average molecular weight is 498 g/mol. The van der Waals surface area contributed by atoms with Crippen LogP contribution in [-0.2, 0) is 22.7 Å². The van der Waals surface area contributed by atoms with Gasteiger partial charge in [0.15, 0.2) is 0 Å². The maximum Gasteiger partial charge on any atom is 0.249 e. The number of para-hydroxylation sites is 1. The largest absolute Gasteiger partial charge is 0.467 e. The van der Waals surface area contributed by atoms with E-state index >= 15 is 4.39 Å². The van der Waals surface area contributed by atoms with Crippen LogP contribution in [0.1, 0.15) is 22.9 Å². The second kappa shape index (κ2) is 10.4. The van der Waals surface area contributed by atoms with Crippen molar-refractivity contribution in [3.05, 3.63) is 114 Å². The first-order valence-corrected chi connectivity index (χ1v) is 11.7. The fourth-order valence-corrected chi connectivity index (χ4v) is 4.16. The molecule has 0 spiro atoms. The van der Waals surface area contributed by atoms with Crippen molar-refractivity contribution in [3.8, 4) is 0 Å². The molecule has 186 valence electrons. The van der Waals surface area contributed by atoms with Gasteiger partial charge in [-0.3, -0.25) is 14.5 Å². The number of nitrogens with one attached hydrogen (secondary N) is 1. The van der Waals surface area contributed by atoms with Crippen molar-refractivity contribution in [1.29, 1.82) is 0 Å². The van der Waals surface area contributed by atoms with Crippen molar-refractivity contribution in [2.24, 2.45) is 0 Å². The molecule has 2 aromatic heterocycles. The molecule has 1 atom stereocenters. The standard InChI is InChI=1S/C28H24FN5O3/c1-19-12-14-20(15-13-19)34(26(35)18-33-25-11-5-4-10-24(25)31-32-33)27(22-8-2-3-9-23(22)29)28(36)30-17-21-7-6-16-37-21/h2-16,27H,17-18H2,1H3,(H,30,36)/t27-/m1/s1. The van der Waals surface area contributed by atoms with Gasteiger partial charge in [0.2, 0.25) is 11.8 Å². The summed E-state index contributed by atoms with van der Waals surface area (Å²) in [6.07, 6.45) is 1.50. The van der Waals surface area contributed by atoms with Crippen LogP contribution >= 0.6 is 0 Å². The van der Waals surface area contributed by atoms with E-state index in [1.165, 1.54) is 34.0 Å². The maximum absolute atomic E-state index is 15.1. The van der Waals surface area contributed by atoms with Crippen molar-refractivity contribution in [1.82, 2.24) is 20.3 Å². The smallest absolute Gasteiger partial charge is 0.249 e. The van der Waals surface area contributed by atoms with E-state index in [0.29, 0.717) is 22.5 Å². The second-order valence-corrected chi connectivity index (χ2v) is 8.56. The summed E-state index contributed by atoms with van der Waals surface area (Å²) in [5.74, 6) is -1.08. The molecule has 1 N–H and O–H groups in total. The molecule has 0 saturated carbocycles.